The van der Waals surface area contributed by atoms with Crippen LogP contribution in [-0.2, 0) is 0 Å². The van der Waals surface area contributed by atoms with Crippen LogP contribution >= 0.6 is 0 Å². The Labute approximate surface area is 106 Å². The van der Waals surface area contributed by atoms with Crippen LogP contribution < -0.4 is 4.90 Å². The van der Waals surface area contributed by atoms with Crippen molar-refractivity contribution >= 4 is 5.69 Å². The van der Waals surface area contributed by atoms with E-state index in [1.807, 2.05) is 13.8 Å². The van der Waals surface area contributed by atoms with E-state index in [1.54, 1.807) is 0 Å². The zero-order valence-corrected chi connectivity index (χ0v) is 11.7. The Hall–Kier alpha value is -1.02. The maximum absolute atomic E-state index is 2.54. The highest BCUT2D eigenvalue weighted by Gasteiger charge is 2.18. The summed E-state index contributed by atoms with van der Waals surface area (Å²) < 4.78 is 0. The highest BCUT2D eigenvalue weighted by atomic mass is 15.3. The monoisotopic (exact) mass is 234 g/mol. The topological polar surface area (TPSA) is 6.48 Å². The predicted octanol–water partition coefficient (Wildman–Crippen LogP) is 3.24. The molecule has 0 atom stereocenters. The Kier molecular flexibility index (Phi) is 6.06. The van der Waals surface area contributed by atoms with Crippen molar-refractivity contribution in [2.45, 2.75) is 33.7 Å². The van der Waals surface area contributed by atoms with E-state index in [-0.39, 0.29) is 0 Å². The SMILES string of the molecule is CC.CC(C)N1CCN(c2ccccc2)CC1. The first-order valence-corrected chi connectivity index (χ1v) is 6.81. The average molecular weight is 234 g/mol. The van der Waals surface area contributed by atoms with Crippen molar-refractivity contribution < 1.29 is 0 Å². The summed E-state index contributed by atoms with van der Waals surface area (Å²) in [5.41, 5.74) is 1.36. The molecule has 2 heteroatoms. The Bertz CT molecular complexity index is 287. The second kappa shape index (κ2) is 7.33. The van der Waals surface area contributed by atoms with E-state index in [0.717, 1.165) is 13.1 Å². The molecule has 2 rings (SSSR count). The fraction of sp³-hybridized carbons (Fsp3) is 0.600. The second-order valence-electron chi connectivity index (χ2n) is 4.45. The molecular weight excluding hydrogens is 208 g/mol. The van der Waals surface area contributed by atoms with Crippen LogP contribution in [0, 0.1) is 0 Å². The first-order valence-electron chi connectivity index (χ1n) is 6.81. The summed E-state index contributed by atoms with van der Waals surface area (Å²) in [5, 5.41) is 0. The minimum absolute atomic E-state index is 0.683. The van der Waals surface area contributed by atoms with Crippen molar-refractivity contribution in [2.75, 3.05) is 31.1 Å². The minimum atomic E-state index is 0.683. The highest BCUT2D eigenvalue weighted by molar-refractivity contribution is 5.46. The van der Waals surface area contributed by atoms with E-state index in [2.05, 4.69) is 54.0 Å². The summed E-state index contributed by atoms with van der Waals surface area (Å²) in [7, 11) is 0. The van der Waals surface area contributed by atoms with Gasteiger partial charge in [0.25, 0.3) is 0 Å². The number of para-hydroxylation sites is 1. The Balaban J connectivity index is 0.000000686. The molecule has 1 heterocycles. The molecule has 96 valence electrons. The summed E-state index contributed by atoms with van der Waals surface area (Å²) in [6.07, 6.45) is 0. The van der Waals surface area contributed by atoms with Gasteiger partial charge in [0.1, 0.15) is 0 Å². The molecule has 2 nitrogen and oxygen atoms in total. The van der Waals surface area contributed by atoms with Crippen LogP contribution in [0.25, 0.3) is 0 Å². The van der Waals surface area contributed by atoms with Gasteiger partial charge in [0.15, 0.2) is 0 Å². The van der Waals surface area contributed by atoms with E-state index in [0.29, 0.717) is 6.04 Å². The first kappa shape index (κ1) is 14.0. The van der Waals surface area contributed by atoms with Crippen molar-refractivity contribution in [2.24, 2.45) is 0 Å². The number of piperazine rings is 1. The molecular formula is C15H26N2. The standard InChI is InChI=1S/C13H20N2.C2H6/c1-12(2)14-8-10-15(11-9-14)13-6-4-3-5-7-13;1-2/h3-7,12H,8-11H2,1-2H3;1-2H3. The van der Waals surface area contributed by atoms with Crippen LogP contribution in [0.4, 0.5) is 5.69 Å². The zero-order chi connectivity index (χ0) is 12.7. The van der Waals surface area contributed by atoms with Gasteiger partial charge in [-0.3, -0.25) is 4.90 Å². The van der Waals surface area contributed by atoms with Crippen LogP contribution in [0.3, 0.4) is 0 Å². The molecule has 0 radical (unpaired) electrons. The molecule has 1 aromatic rings. The van der Waals surface area contributed by atoms with Crippen molar-refractivity contribution in [3.8, 4) is 0 Å². The summed E-state index contributed by atoms with van der Waals surface area (Å²) in [5.74, 6) is 0. The van der Waals surface area contributed by atoms with E-state index in [1.165, 1.54) is 18.8 Å². The van der Waals surface area contributed by atoms with Gasteiger partial charge < -0.3 is 4.90 Å². The van der Waals surface area contributed by atoms with Gasteiger partial charge in [-0.1, -0.05) is 32.0 Å². The molecule has 0 unspecified atom stereocenters. The molecule has 0 N–H and O–H groups in total. The third-order valence-corrected chi connectivity index (χ3v) is 3.17. The van der Waals surface area contributed by atoms with Crippen LogP contribution in [-0.4, -0.2) is 37.1 Å². The van der Waals surface area contributed by atoms with Gasteiger partial charge in [-0.2, -0.15) is 0 Å². The van der Waals surface area contributed by atoms with Gasteiger partial charge in [-0.15, -0.1) is 0 Å². The van der Waals surface area contributed by atoms with Crippen molar-refractivity contribution in [3.63, 3.8) is 0 Å². The van der Waals surface area contributed by atoms with Crippen LogP contribution in [0.15, 0.2) is 30.3 Å². The van der Waals surface area contributed by atoms with Gasteiger partial charge in [-0.05, 0) is 26.0 Å². The largest absolute Gasteiger partial charge is 0.369 e. The maximum atomic E-state index is 2.54. The lowest BCUT2D eigenvalue weighted by Crippen LogP contribution is -2.48. The maximum Gasteiger partial charge on any atom is 0.0367 e. The second-order valence-corrected chi connectivity index (χ2v) is 4.45. The van der Waals surface area contributed by atoms with Gasteiger partial charge in [-0.25, -0.2) is 0 Å². The normalized spacial score (nSPS) is 16.6. The number of hydrogen-bond donors (Lipinski definition) is 0. The van der Waals surface area contributed by atoms with E-state index in [4.69, 9.17) is 0 Å². The summed E-state index contributed by atoms with van der Waals surface area (Å²) in [4.78, 5) is 5.01. The molecule has 0 saturated carbocycles. The molecule has 0 aromatic heterocycles. The van der Waals surface area contributed by atoms with Crippen LogP contribution in [0.1, 0.15) is 27.7 Å². The molecule has 1 aliphatic heterocycles. The zero-order valence-electron chi connectivity index (χ0n) is 11.7. The number of benzene rings is 1. The molecule has 0 aliphatic carbocycles. The lowest BCUT2D eigenvalue weighted by Gasteiger charge is -2.38. The van der Waals surface area contributed by atoms with Crippen molar-refractivity contribution in [3.05, 3.63) is 30.3 Å². The molecule has 0 amide bonds. The summed E-state index contributed by atoms with van der Waals surface area (Å²) >= 11 is 0. The summed E-state index contributed by atoms with van der Waals surface area (Å²) in [6, 6.07) is 11.4. The van der Waals surface area contributed by atoms with E-state index < -0.39 is 0 Å². The van der Waals surface area contributed by atoms with Crippen molar-refractivity contribution in [1.29, 1.82) is 0 Å². The molecule has 1 aromatic carbocycles. The molecule has 1 saturated heterocycles. The Morgan fingerprint density at radius 2 is 1.41 bits per heavy atom. The first-order chi connectivity index (χ1) is 8.27. The van der Waals surface area contributed by atoms with E-state index in [9.17, 15) is 0 Å². The lowest BCUT2D eigenvalue weighted by molar-refractivity contribution is 0.209. The number of anilines is 1. The van der Waals surface area contributed by atoms with E-state index >= 15 is 0 Å². The quantitative estimate of drug-likeness (QED) is 0.775. The van der Waals surface area contributed by atoms with Crippen LogP contribution in [0.2, 0.25) is 0 Å². The fourth-order valence-electron chi connectivity index (χ4n) is 2.14. The smallest absolute Gasteiger partial charge is 0.0367 e. The fourth-order valence-corrected chi connectivity index (χ4v) is 2.14. The average Bonchev–Trinajstić information content (AvgIpc) is 2.42. The highest BCUT2D eigenvalue weighted by Crippen LogP contribution is 2.16. The Morgan fingerprint density at radius 1 is 0.882 bits per heavy atom. The number of rotatable bonds is 2. The van der Waals surface area contributed by atoms with Gasteiger partial charge in [0.05, 0.1) is 0 Å². The molecule has 1 aliphatic rings. The van der Waals surface area contributed by atoms with Gasteiger partial charge >= 0.3 is 0 Å². The molecule has 0 spiro atoms. The Morgan fingerprint density at radius 3 is 1.88 bits per heavy atom. The predicted molar refractivity (Wildman–Crippen MR) is 76.7 cm³/mol. The van der Waals surface area contributed by atoms with Crippen molar-refractivity contribution in [1.82, 2.24) is 4.90 Å². The molecule has 1 fully saturated rings. The third kappa shape index (κ3) is 4.04. The van der Waals surface area contributed by atoms with Gasteiger partial charge in [0.2, 0.25) is 0 Å². The lowest BCUT2D eigenvalue weighted by atomic mass is 10.2. The number of hydrogen-bond acceptors (Lipinski definition) is 2. The molecule has 17 heavy (non-hydrogen) atoms. The third-order valence-electron chi connectivity index (χ3n) is 3.17. The minimum Gasteiger partial charge on any atom is -0.369 e. The van der Waals surface area contributed by atoms with Gasteiger partial charge in [0, 0.05) is 37.9 Å². The van der Waals surface area contributed by atoms with Crippen LogP contribution in [0.5, 0.6) is 0 Å². The molecule has 0 bridgehead atoms. The summed E-state index contributed by atoms with van der Waals surface area (Å²) in [6.45, 7) is 13.2. The number of nitrogens with zero attached hydrogens (tertiary/aromatic N) is 2.